The van der Waals surface area contributed by atoms with Crippen LogP contribution in [0.3, 0.4) is 0 Å². The van der Waals surface area contributed by atoms with Crippen LogP contribution in [0.15, 0.2) is 42.5 Å². The molecule has 0 atom stereocenters. The smallest absolute Gasteiger partial charge is 0.239 e. The quantitative estimate of drug-likeness (QED) is 0.732. The second kappa shape index (κ2) is 8.82. The van der Waals surface area contributed by atoms with E-state index in [0.717, 1.165) is 28.3 Å². The van der Waals surface area contributed by atoms with E-state index < -0.39 is 0 Å². The number of amides is 1. The highest BCUT2D eigenvalue weighted by molar-refractivity contribution is 5.81. The van der Waals surface area contributed by atoms with Crippen molar-refractivity contribution in [2.45, 2.75) is 13.8 Å². The molecule has 2 aromatic carbocycles. The highest BCUT2D eigenvalue weighted by Gasteiger charge is 2.05. The maximum absolute atomic E-state index is 11.9. The molecule has 0 aromatic heterocycles. The summed E-state index contributed by atoms with van der Waals surface area (Å²) in [6.07, 6.45) is 0. The lowest BCUT2D eigenvalue weighted by atomic mass is 10.2. The van der Waals surface area contributed by atoms with Crippen LogP contribution >= 0.6 is 0 Å². The highest BCUT2D eigenvalue weighted by Crippen LogP contribution is 2.24. The van der Waals surface area contributed by atoms with Gasteiger partial charge in [0.2, 0.25) is 5.91 Å². The van der Waals surface area contributed by atoms with Crippen molar-refractivity contribution in [3.8, 4) is 11.5 Å². The lowest BCUT2D eigenvalue weighted by molar-refractivity contribution is -0.119. The van der Waals surface area contributed by atoms with Gasteiger partial charge < -0.3 is 20.1 Å². The zero-order chi connectivity index (χ0) is 17.4. The molecule has 2 aromatic rings. The van der Waals surface area contributed by atoms with Gasteiger partial charge in [0, 0.05) is 0 Å². The molecule has 2 rings (SSSR count). The largest absolute Gasteiger partial charge is 0.495 e. The number of benzene rings is 2. The van der Waals surface area contributed by atoms with E-state index >= 15 is 0 Å². The molecule has 1 amide bonds. The number of carbonyl (C=O) groups is 1. The van der Waals surface area contributed by atoms with Crippen LogP contribution in [-0.4, -0.2) is 32.7 Å². The maximum atomic E-state index is 11.9. The van der Waals surface area contributed by atoms with E-state index in [0.29, 0.717) is 13.2 Å². The van der Waals surface area contributed by atoms with E-state index in [-0.39, 0.29) is 12.5 Å². The first-order valence-electron chi connectivity index (χ1n) is 7.93. The summed E-state index contributed by atoms with van der Waals surface area (Å²) in [5, 5.41) is 5.92. The zero-order valence-electron chi connectivity index (χ0n) is 14.4. The van der Waals surface area contributed by atoms with E-state index in [4.69, 9.17) is 9.47 Å². The number of aryl methyl sites for hydroxylation is 2. The second-order valence-corrected chi connectivity index (χ2v) is 5.57. The van der Waals surface area contributed by atoms with Crippen LogP contribution in [0, 0.1) is 13.8 Å². The summed E-state index contributed by atoms with van der Waals surface area (Å²) in [4.78, 5) is 11.9. The second-order valence-electron chi connectivity index (χ2n) is 5.57. The zero-order valence-corrected chi connectivity index (χ0v) is 14.4. The molecule has 5 nitrogen and oxygen atoms in total. The van der Waals surface area contributed by atoms with Gasteiger partial charge in [-0.05, 0) is 49.2 Å². The summed E-state index contributed by atoms with van der Waals surface area (Å²) in [7, 11) is 1.61. The molecule has 0 heterocycles. The normalized spacial score (nSPS) is 10.1. The van der Waals surface area contributed by atoms with Gasteiger partial charge >= 0.3 is 0 Å². The van der Waals surface area contributed by atoms with Crippen molar-refractivity contribution in [2.75, 3.05) is 32.1 Å². The first-order valence-corrected chi connectivity index (χ1v) is 7.93. The predicted molar refractivity (Wildman–Crippen MR) is 95.9 cm³/mol. The first kappa shape index (κ1) is 17.7. The molecule has 0 spiro atoms. The molecule has 2 N–H and O–H groups in total. The monoisotopic (exact) mass is 328 g/mol. The average molecular weight is 328 g/mol. The Morgan fingerprint density at radius 1 is 1.08 bits per heavy atom. The molecule has 0 unspecified atom stereocenters. The van der Waals surface area contributed by atoms with E-state index in [1.165, 1.54) is 0 Å². The number of nitrogens with one attached hydrogen (secondary N) is 2. The molecule has 128 valence electrons. The van der Waals surface area contributed by atoms with Gasteiger partial charge in [-0.3, -0.25) is 4.79 Å². The van der Waals surface area contributed by atoms with Crippen LogP contribution in [0.5, 0.6) is 11.5 Å². The summed E-state index contributed by atoms with van der Waals surface area (Å²) < 4.78 is 10.9. The third-order valence-corrected chi connectivity index (χ3v) is 3.48. The first-order chi connectivity index (χ1) is 11.6. The van der Waals surface area contributed by atoms with Crippen molar-refractivity contribution in [2.24, 2.45) is 0 Å². The van der Waals surface area contributed by atoms with Crippen molar-refractivity contribution in [3.05, 3.63) is 53.6 Å². The predicted octanol–water partition coefficient (Wildman–Crippen LogP) is 2.92. The molecular formula is C19H24N2O3. The van der Waals surface area contributed by atoms with Crippen LogP contribution in [0.1, 0.15) is 11.1 Å². The molecular weight excluding hydrogens is 304 g/mol. The Bertz CT molecular complexity index is 686. The van der Waals surface area contributed by atoms with Gasteiger partial charge in [0.1, 0.15) is 18.1 Å². The Labute approximate surface area is 143 Å². The van der Waals surface area contributed by atoms with Gasteiger partial charge in [-0.2, -0.15) is 0 Å². The summed E-state index contributed by atoms with van der Waals surface area (Å²) in [6.45, 7) is 5.08. The van der Waals surface area contributed by atoms with Crippen LogP contribution in [0.4, 0.5) is 5.69 Å². The number of hydrogen-bond donors (Lipinski definition) is 2. The minimum absolute atomic E-state index is 0.0913. The minimum Gasteiger partial charge on any atom is -0.495 e. The van der Waals surface area contributed by atoms with E-state index in [1.54, 1.807) is 7.11 Å². The van der Waals surface area contributed by atoms with Crippen LogP contribution in [-0.2, 0) is 4.79 Å². The van der Waals surface area contributed by atoms with Crippen LogP contribution in [0.25, 0.3) is 0 Å². The fraction of sp³-hybridized carbons (Fsp3) is 0.316. The van der Waals surface area contributed by atoms with E-state index in [1.807, 2.05) is 56.3 Å². The molecule has 0 saturated heterocycles. The Balaban J connectivity index is 1.71. The summed E-state index contributed by atoms with van der Waals surface area (Å²) in [5.74, 6) is 1.44. The third-order valence-electron chi connectivity index (χ3n) is 3.48. The Morgan fingerprint density at radius 2 is 1.88 bits per heavy atom. The fourth-order valence-electron chi connectivity index (χ4n) is 2.26. The molecule has 5 heteroatoms. The lowest BCUT2D eigenvalue weighted by Crippen LogP contribution is -2.33. The highest BCUT2D eigenvalue weighted by atomic mass is 16.5. The van der Waals surface area contributed by atoms with Gasteiger partial charge in [0.05, 0.1) is 25.9 Å². The number of methoxy groups -OCH3 is 1. The minimum atomic E-state index is -0.0913. The van der Waals surface area contributed by atoms with Crippen molar-refractivity contribution in [1.82, 2.24) is 5.32 Å². The standard InChI is InChI=1S/C19H24N2O3/c1-14-5-4-6-16(11-14)24-10-9-20-19(22)13-21-17-12-15(2)7-8-18(17)23-3/h4-8,11-12,21H,9-10,13H2,1-3H3,(H,20,22). The number of ether oxygens (including phenoxy) is 2. The summed E-state index contributed by atoms with van der Waals surface area (Å²) in [5.41, 5.74) is 3.06. The molecule has 24 heavy (non-hydrogen) atoms. The number of anilines is 1. The van der Waals surface area contributed by atoms with Gasteiger partial charge in [0.25, 0.3) is 0 Å². The summed E-state index contributed by atoms with van der Waals surface area (Å²) in [6, 6.07) is 13.6. The number of rotatable bonds is 8. The Kier molecular flexibility index (Phi) is 6.49. The van der Waals surface area contributed by atoms with Gasteiger partial charge in [0.15, 0.2) is 0 Å². The fourth-order valence-corrected chi connectivity index (χ4v) is 2.26. The van der Waals surface area contributed by atoms with Gasteiger partial charge in [-0.15, -0.1) is 0 Å². The molecule has 0 fully saturated rings. The van der Waals surface area contributed by atoms with Crippen molar-refractivity contribution in [1.29, 1.82) is 0 Å². The van der Waals surface area contributed by atoms with Gasteiger partial charge in [-0.1, -0.05) is 18.2 Å². The third kappa shape index (κ3) is 5.50. The molecule has 0 saturated carbocycles. The van der Waals surface area contributed by atoms with Crippen molar-refractivity contribution >= 4 is 11.6 Å². The Morgan fingerprint density at radius 3 is 2.62 bits per heavy atom. The lowest BCUT2D eigenvalue weighted by Gasteiger charge is -2.12. The number of carbonyl (C=O) groups excluding carboxylic acids is 1. The van der Waals surface area contributed by atoms with Gasteiger partial charge in [-0.25, -0.2) is 0 Å². The average Bonchev–Trinajstić information content (AvgIpc) is 2.57. The summed E-state index contributed by atoms with van der Waals surface area (Å²) >= 11 is 0. The van der Waals surface area contributed by atoms with E-state index in [2.05, 4.69) is 10.6 Å². The maximum Gasteiger partial charge on any atom is 0.239 e. The topological polar surface area (TPSA) is 59.6 Å². The van der Waals surface area contributed by atoms with Crippen molar-refractivity contribution in [3.63, 3.8) is 0 Å². The molecule has 0 aliphatic carbocycles. The molecule has 0 bridgehead atoms. The van der Waals surface area contributed by atoms with Crippen molar-refractivity contribution < 1.29 is 14.3 Å². The Hall–Kier alpha value is -2.69. The number of hydrogen-bond acceptors (Lipinski definition) is 4. The SMILES string of the molecule is COc1ccc(C)cc1NCC(=O)NCCOc1cccc(C)c1. The molecule has 0 aliphatic heterocycles. The van der Waals surface area contributed by atoms with E-state index in [9.17, 15) is 4.79 Å². The van der Waals surface area contributed by atoms with Crippen LogP contribution in [0.2, 0.25) is 0 Å². The molecule has 0 radical (unpaired) electrons. The molecule has 0 aliphatic rings. The van der Waals surface area contributed by atoms with Crippen LogP contribution < -0.4 is 20.1 Å².